The molecule has 6 heteroatoms. The molecule has 1 heterocycles. The quantitative estimate of drug-likeness (QED) is 0.175. The van der Waals surface area contributed by atoms with E-state index in [1.807, 2.05) is 49.0 Å². The fraction of sp³-hybridized carbons (Fsp3) is 0.257. The van der Waals surface area contributed by atoms with E-state index < -0.39 is 12.0 Å². The van der Waals surface area contributed by atoms with Gasteiger partial charge in [-0.15, -0.1) is 0 Å². The highest BCUT2D eigenvalue weighted by molar-refractivity contribution is 7.99. The SMILES string of the molecule is C=C(C)c1ccccc1CC[C@@H](SCC1(C(N)C(=O)O)CC1)c1cccc(/C=C/c2ccc3ccc(Cl)cc3n2)c1. The van der Waals surface area contributed by atoms with E-state index in [9.17, 15) is 9.90 Å². The summed E-state index contributed by atoms with van der Waals surface area (Å²) >= 11 is 8.00. The third kappa shape index (κ3) is 7.10. The van der Waals surface area contributed by atoms with E-state index in [-0.39, 0.29) is 10.7 Å². The van der Waals surface area contributed by atoms with Crippen LogP contribution in [0.25, 0.3) is 28.6 Å². The number of pyridine rings is 1. The van der Waals surface area contributed by atoms with Gasteiger partial charge >= 0.3 is 5.97 Å². The van der Waals surface area contributed by atoms with Crippen LogP contribution >= 0.6 is 23.4 Å². The molecule has 0 spiro atoms. The number of nitrogens with two attached hydrogens (primary N) is 1. The molecule has 1 saturated carbocycles. The minimum atomic E-state index is -0.910. The monoisotopic (exact) mass is 582 g/mol. The summed E-state index contributed by atoms with van der Waals surface area (Å²) in [6.45, 7) is 6.21. The predicted octanol–water partition coefficient (Wildman–Crippen LogP) is 8.69. The first-order chi connectivity index (χ1) is 19.7. The number of aromatic nitrogens is 1. The maximum Gasteiger partial charge on any atom is 0.321 e. The van der Waals surface area contributed by atoms with Gasteiger partial charge in [0.05, 0.1) is 11.2 Å². The highest BCUT2D eigenvalue weighted by Crippen LogP contribution is 2.53. The number of carboxylic acids is 1. The van der Waals surface area contributed by atoms with Crippen LogP contribution in [0.3, 0.4) is 0 Å². The first-order valence-corrected chi connectivity index (χ1v) is 15.3. The number of nitrogens with zero attached hydrogens (tertiary/aromatic N) is 1. The number of hydrogen-bond donors (Lipinski definition) is 2. The van der Waals surface area contributed by atoms with Gasteiger partial charge in [-0.1, -0.05) is 90.5 Å². The summed E-state index contributed by atoms with van der Waals surface area (Å²) in [5.74, 6) is -0.177. The second-order valence-electron chi connectivity index (χ2n) is 11.0. The number of thioether (sulfide) groups is 1. The summed E-state index contributed by atoms with van der Waals surface area (Å²) in [7, 11) is 0. The van der Waals surface area contributed by atoms with Crippen molar-refractivity contribution in [2.45, 2.75) is 43.9 Å². The minimum Gasteiger partial charge on any atom is -0.480 e. The van der Waals surface area contributed by atoms with Crippen LogP contribution in [-0.2, 0) is 11.2 Å². The molecule has 1 aromatic heterocycles. The van der Waals surface area contributed by atoms with Crippen LogP contribution in [0.2, 0.25) is 5.02 Å². The average molecular weight is 583 g/mol. The Kier molecular flexibility index (Phi) is 8.98. The number of aryl methyl sites for hydroxylation is 1. The van der Waals surface area contributed by atoms with Crippen molar-refractivity contribution < 1.29 is 9.90 Å². The van der Waals surface area contributed by atoms with Gasteiger partial charge in [0.25, 0.3) is 0 Å². The lowest BCUT2D eigenvalue weighted by atomic mass is 9.96. The summed E-state index contributed by atoms with van der Waals surface area (Å²) in [5, 5.41) is 11.5. The molecule has 0 aliphatic heterocycles. The van der Waals surface area contributed by atoms with Gasteiger partial charge in [-0.3, -0.25) is 4.79 Å². The maximum absolute atomic E-state index is 11.7. The van der Waals surface area contributed by atoms with Gasteiger partial charge in [0.1, 0.15) is 6.04 Å². The topological polar surface area (TPSA) is 76.2 Å². The Hall–Kier alpha value is -3.38. The van der Waals surface area contributed by atoms with Crippen molar-refractivity contribution in [3.63, 3.8) is 0 Å². The van der Waals surface area contributed by atoms with Crippen molar-refractivity contribution in [3.8, 4) is 0 Å². The average Bonchev–Trinajstić information content (AvgIpc) is 3.76. The van der Waals surface area contributed by atoms with Gasteiger partial charge in [0.15, 0.2) is 0 Å². The van der Waals surface area contributed by atoms with Crippen molar-refractivity contribution in [2.24, 2.45) is 11.1 Å². The molecule has 1 fully saturated rings. The fourth-order valence-corrected chi connectivity index (χ4v) is 7.06. The van der Waals surface area contributed by atoms with Crippen LogP contribution in [0, 0.1) is 5.41 Å². The molecule has 5 rings (SSSR count). The molecule has 1 aliphatic rings. The van der Waals surface area contributed by atoms with Gasteiger partial charge in [-0.2, -0.15) is 11.8 Å². The van der Waals surface area contributed by atoms with Crippen molar-refractivity contribution >= 4 is 58.0 Å². The van der Waals surface area contributed by atoms with Gasteiger partial charge in [-0.05, 0) is 79.1 Å². The van der Waals surface area contributed by atoms with E-state index in [1.54, 1.807) is 0 Å². The molecule has 210 valence electrons. The van der Waals surface area contributed by atoms with Gasteiger partial charge < -0.3 is 10.8 Å². The molecule has 0 saturated heterocycles. The van der Waals surface area contributed by atoms with Crippen LogP contribution in [0.15, 0.2) is 85.4 Å². The van der Waals surface area contributed by atoms with Crippen LogP contribution in [0.1, 0.15) is 59.4 Å². The fourth-order valence-electron chi connectivity index (χ4n) is 5.27. The van der Waals surface area contributed by atoms with E-state index in [0.717, 1.165) is 59.2 Å². The zero-order valence-electron chi connectivity index (χ0n) is 23.2. The molecular weight excluding hydrogens is 548 g/mol. The van der Waals surface area contributed by atoms with E-state index >= 15 is 0 Å². The Bertz CT molecular complexity index is 1610. The third-order valence-corrected chi connectivity index (χ3v) is 9.83. The molecule has 3 N–H and O–H groups in total. The smallest absolute Gasteiger partial charge is 0.321 e. The lowest BCUT2D eigenvalue weighted by molar-refractivity contribution is -0.140. The first-order valence-electron chi connectivity index (χ1n) is 13.9. The Morgan fingerprint density at radius 1 is 1.10 bits per heavy atom. The second kappa shape index (κ2) is 12.6. The molecule has 3 aromatic carbocycles. The zero-order valence-corrected chi connectivity index (χ0v) is 24.8. The van der Waals surface area contributed by atoms with Gasteiger partial charge in [0, 0.05) is 26.8 Å². The summed E-state index contributed by atoms with van der Waals surface area (Å²) in [4.78, 5) is 16.4. The number of halogens is 1. The van der Waals surface area contributed by atoms with Gasteiger partial charge in [0.2, 0.25) is 0 Å². The van der Waals surface area contributed by atoms with Crippen LogP contribution in [0.5, 0.6) is 0 Å². The molecule has 1 aliphatic carbocycles. The summed E-state index contributed by atoms with van der Waals surface area (Å²) in [6.07, 6.45) is 7.67. The molecule has 0 amide bonds. The summed E-state index contributed by atoms with van der Waals surface area (Å²) in [6, 6.07) is 26.0. The second-order valence-corrected chi connectivity index (χ2v) is 12.7. The Morgan fingerprint density at radius 2 is 1.88 bits per heavy atom. The van der Waals surface area contributed by atoms with Crippen LogP contribution in [0.4, 0.5) is 0 Å². The molecule has 0 bridgehead atoms. The molecular formula is C35H35ClN2O2S. The molecule has 2 atom stereocenters. The van der Waals surface area contributed by atoms with Crippen molar-refractivity contribution in [1.82, 2.24) is 4.98 Å². The number of carbonyl (C=O) groups is 1. The number of hydrogen-bond acceptors (Lipinski definition) is 4. The molecule has 4 nitrogen and oxygen atoms in total. The van der Waals surface area contributed by atoms with E-state index in [4.69, 9.17) is 22.3 Å². The number of allylic oxidation sites excluding steroid dienone is 1. The molecule has 4 aromatic rings. The Labute approximate surface area is 251 Å². The Balaban J connectivity index is 1.38. The zero-order chi connectivity index (χ0) is 29.0. The van der Waals surface area contributed by atoms with Crippen LogP contribution in [-0.4, -0.2) is 27.9 Å². The minimum absolute atomic E-state index is 0.195. The summed E-state index contributed by atoms with van der Waals surface area (Å²) < 4.78 is 0. The van der Waals surface area contributed by atoms with Crippen molar-refractivity contribution in [1.29, 1.82) is 0 Å². The lowest BCUT2D eigenvalue weighted by Crippen LogP contribution is -2.40. The number of carboxylic acid groups (broad SMARTS) is 1. The molecule has 41 heavy (non-hydrogen) atoms. The number of aliphatic carboxylic acids is 1. The van der Waals surface area contributed by atoms with Crippen LogP contribution < -0.4 is 5.73 Å². The number of rotatable bonds is 12. The first kappa shape index (κ1) is 29.1. The van der Waals surface area contributed by atoms with Crippen molar-refractivity contribution in [2.75, 3.05) is 5.75 Å². The van der Waals surface area contributed by atoms with E-state index in [1.165, 1.54) is 16.7 Å². The molecule has 1 unspecified atom stereocenters. The van der Waals surface area contributed by atoms with E-state index in [0.29, 0.717) is 5.02 Å². The largest absolute Gasteiger partial charge is 0.480 e. The van der Waals surface area contributed by atoms with E-state index in [2.05, 4.69) is 67.3 Å². The normalized spacial score (nSPS) is 15.6. The lowest BCUT2D eigenvalue weighted by Gasteiger charge is -2.24. The standard InChI is InChI=1S/C35H35ClN2O2S/c1-23(2)30-9-4-3-7-25(30)13-17-32(41-22-35(18-19-35)33(37)34(39)40)27-8-5-6-24(20-27)10-15-29-16-12-26-11-14-28(36)21-31(26)38-29/h3-12,14-16,20-21,32-33H,1,13,17-19,22,37H2,2H3,(H,39,40)/b15-10+/t32-,33?/m1/s1. The highest BCUT2D eigenvalue weighted by atomic mass is 35.5. The number of fused-ring (bicyclic) bond motifs is 1. The predicted molar refractivity (Wildman–Crippen MR) is 174 cm³/mol. The number of benzene rings is 3. The molecule has 0 radical (unpaired) electrons. The Morgan fingerprint density at radius 3 is 2.63 bits per heavy atom. The highest BCUT2D eigenvalue weighted by Gasteiger charge is 2.51. The third-order valence-electron chi connectivity index (χ3n) is 7.95. The maximum atomic E-state index is 11.7. The summed E-state index contributed by atoms with van der Waals surface area (Å²) in [5.41, 5.74) is 13.4. The van der Waals surface area contributed by atoms with Gasteiger partial charge in [-0.25, -0.2) is 4.98 Å². The van der Waals surface area contributed by atoms with Crippen molar-refractivity contribution in [3.05, 3.63) is 118 Å².